The van der Waals surface area contributed by atoms with Gasteiger partial charge in [0.1, 0.15) is 5.82 Å². The highest BCUT2D eigenvalue weighted by Crippen LogP contribution is 2.49. The minimum Gasteiger partial charge on any atom is -0.329 e. The van der Waals surface area contributed by atoms with Crippen LogP contribution in [0, 0.1) is 0 Å². The predicted molar refractivity (Wildman–Crippen MR) is 96.3 cm³/mol. The van der Waals surface area contributed by atoms with Crippen LogP contribution < -0.4 is 4.90 Å². The van der Waals surface area contributed by atoms with E-state index in [4.69, 9.17) is 0 Å². The fourth-order valence-corrected chi connectivity index (χ4v) is 3.59. The largest absolute Gasteiger partial charge is 0.329 e. The molecule has 2 nitrogen and oxygen atoms in total. The van der Waals surface area contributed by atoms with E-state index in [9.17, 15) is 0 Å². The Morgan fingerprint density at radius 1 is 0.826 bits per heavy atom. The van der Waals surface area contributed by atoms with Gasteiger partial charge < -0.3 is 4.90 Å². The average molecular weight is 300 g/mol. The molecule has 0 radical (unpaired) electrons. The maximum atomic E-state index is 4.45. The van der Waals surface area contributed by atoms with Crippen molar-refractivity contribution in [1.29, 1.82) is 0 Å². The van der Waals surface area contributed by atoms with E-state index in [1.54, 1.807) is 0 Å². The normalized spacial score (nSPS) is 14.2. The Hall–Kier alpha value is -2.61. The number of pyridine rings is 1. The van der Waals surface area contributed by atoms with Crippen LogP contribution >= 0.6 is 0 Å². The second kappa shape index (κ2) is 4.95. The molecule has 0 bridgehead atoms. The lowest BCUT2D eigenvalue weighted by atomic mass is 9.82. The molecule has 23 heavy (non-hydrogen) atoms. The Kier molecular flexibility index (Phi) is 3.02. The van der Waals surface area contributed by atoms with Crippen molar-refractivity contribution >= 4 is 11.5 Å². The molecule has 1 heterocycles. The molecule has 1 aliphatic carbocycles. The molecule has 4 rings (SSSR count). The molecule has 0 saturated heterocycles. The molecule has 114 valence electrons. The van der Waals surface area contributed by atoms with Gasteiger partial charge in [-0.25, -0.2) is 4.98 Å². The summed E-state index contributed by atoms with van der Waals surface area (Å²) in [7, 11) is 2.07. The van der Waals surface area contributed by atoms with E-state index in [0.29, 0.717) is 0 Å². The lowest BCUT2D eigenvalue weighted by Gasteiger charge is -2.24. The second-order valence-corrected chi connectivity index (χ2v) is 6.65. The number of aromatic nitrogens is 1. The maximum Gasteiger partial charge on any atom is 0.132 e. The first-order chi connectivity index (χ1) is 11.1. The van der Waals surface area contributed by atoms with Gasteiger partial charge in [0, 0.05) is 24.3 Å². The van der Waals surface area contributed by atoms with Crippen LogP contribution in [0.25, 0.3) is 11.1 Å². The van der Waals surface area contributed by atoms with E-state index in [1.807, 2.05) is 24.4 Å². The zero-order valence-corrected chi connectivity index (χ0v) is 13.7. The summed E-state index contributed by atoms with van der Waals surface area (Å²) in [6.07, 6.45) is 1.83. The van der Waals surface area contributed by atoms with E-state index >= 15 is 0 Å². The Morgan fingerprint density at radius 3 is 2.35 bits per heavy atom. The van der Waals surface area contributed by atoms with Crippen LogP contribution in [0.3, 0.4) is 0 Å². The molecule has 0 amide bonds. The maximum absolute atomic E-state index is 4.45. The standard InChI is InChI=1S/C21H20N2/c1-21(2)18-9-5-4-8-16(18)17-12-11-15(14-19(17)21)23(3)20-10-6-7-13-22-20/h4-14H,1-3H3. The van der Waals surface area contributed by atoms with Crippen molar-refractivity contribution in [3.8, 4) is 11.1 Å². The molecule has 1 aliphatic rings. The highest BCUT2D eigenvalue weighted by molar-refractivity contribution is 5.82. The Morgan fingerprint density at radius 2 is 1.57 bits per heavy atom. The number of hydrogen-bond acceptors (Lipinski definition) is 2. The molecule has 0 atom stereocenters. The summed E-state index contributed by atoms with van der Waals surface area (Å²) < 4.78 is 0. The second-order valence-electron chi connectivity index (χ2n) is 6.65. The van der Waals surface area contributed by atoms with Gasteiger partial charge >= 0.3 is 0 Å². The third-order valence-electron chi connectivity index (χ3n) is 4.95. The monoisotopic (exact) mass is 300 g/mol. The molecule has 0 aliphatic heterocycles. The van der Waals surface area contributed by atoms with Gasteiger partial charge in [0.2, 0.25) is 0 Å². The van der Waals surface area contributed by atoms with E-state index in [2.05, 4.69) is 73.2 Å². The van der Waals surface area contributed by atoms with Gasteiger partial charge in [0.05, 0.1) is 0 Å². The third kappa shape index (κ3) is 2.06. The summed E-state index contributed by atoms with van der Waals surface area (Å²) in [4.78, 5) is 6.59. The zero-order valence-electron chi connectivity index (χ0n) is 13.7. The molecule has 0 fully saturated rings. The van der Waals surface area contributed by atoms with Crippen LogP contribution in [-0.2, 0) is 5.41 Å². The van der Waals surface area contributed by atoms with E-state index < -0.39 is 0 Å². The van der Waals surface area contributed by atoms with Crippen LogP contribution in [0.2, 0.25) is 0 Å². The molecule has 3 aromatic rings. The van der Waals surface area contributed by atoms with Crippen LogP contribution in [-0.4, -0.2) is 12.0 Å². The van der Waals surface area contributed by atoms with E-state index in [-0.39, 0.29) is 5.41 Å². The van der Waals surface area contributed by atoms with Crippen molar-refractivity contribution < 1.29 is 0 Å². The first-order valence-corrected chi connectivity index (χ1v) is 7.98. The van der Waals surface area contributed by atoms with Crippen molar-refractivity contribution in [1.82, 2.24) is 4.98 Å². The molecule has 0 saturated carbocycles. The van der Waals surface area contributed by atoms with Gasteiger partial charge in [-0.15, -0.1) is 0 Å². The third-order valence-corrected chi connectivity index (χ3v) is 4.95. The highest BCUT2D eigenvalue weighted by atomic mass is 15.2. The molecule has 0 spiro atoms. The van der Waals surface area contributed by atoms with Crippen molar-refractivity contribution in [2.24, 2.45) is 0 Å². The summed E-state index contributed by atoms with van der Waals surface area (Å²) in [5.74, 6) is 0.959. The predicted octanol–water partition coefficient (Wildman–Crippen LogP) is 5.16. The Bertz CT molecular complexity index is 866. The summed E-state index contributed by atoms with van der Waals surface area (Å²) in [6.45, 7) is 4.62. The summed E-state index contributed by atoms with van der Waals surface area (Å²) >= 11 is 0. The van der Waals surface area contributed by atoms with Gasteiger partial charge in [-0.2, -0.15) is 0 Å². The van der Waals surface area contributed by atoms with Gasteiger partial charge in [-0.3, -0.25) is 0 Å². The summed E-state index contributed by atoms with van der Waals surface area (Å²) in [5, 5.41) is 0. The van der Waals surface area contributed by atoms with Crippen molar-refractivity contribution in [2.75, 3.05) is 11.9 Å². The number of rotatable bonds is 2. The van der Waals surface area contributed by atoms with Crippen LogP contribution in [0.1, 0.15) is 25.0 Å². The molecular weight excluding hydrogens is 280 g/mol. The SMILES string of the molecule is CN(c1ccc2c(c1)C(C)(C)c1ccccc1-2)c1ccccn1. The van der Waals surface area contributed by atoms with E-state index in [1.165, 1.54) is 27.9 Å². The van der Waals surface area contributed by atoms with Gasteiger partial charge in [0.25, 0.3) is 0 Å². The Labute approximate surface area is 137 Å². The number of fused-ring (bicyclic) bond motifs is 3. The van der Waals surface area contributed by atoms with E-state index in [0.717, 1.165) is 5.82 Å². The van der Waals surface area contributed by atoms with Crippen molar-refractivity contribution in [3.05, 3.63) is 78.0 Å². The van der Waals surface area contributed by atoms with Crippen molar-refractivity contribution in [2.45, 2.75) is 19.3 Å². The van der Waals surface area contributed by atoms with Crippen molar-refractivity contribution in [3.63, 3.8) is 0 Å². The lowest BCUT2D eigenvalue weighted by molar-refractivity contribution is 0.660. The molecule has 1 aromatic heterocycles. The smallest absolute Gasteiger partial charge is 0.132 e. The molecule has 2 heteroatoms. The molecule has 0 unspecified atom stereocenters. The van der Waals surface area contributed by atoms with Gasteiger partial charge in [-0.1, -0.05) is 50.2 Å². The fraction of sp³-hybridized carbons (Fsp3) is 0.190. The fourth-order valence-electron chi connectivity index (χ4n) is 3.59. The summed E-state index contributed by atoms with van der Waals surface area (Å²) in [5.41, 5.74) is 6.71. The number of hydrogen-bond donors (Lipinski definition) is 0. The average Bonchev–Trinajstić information content (AvgIpc) is 2.83. The number of nitrogens with zero attached hydrogens (tertiary/aromatic N) is 2. The van der Waals surface area contributed by atoms with Crippen LogP contribution in [0.4, 0.5) is 11.5 Å². The zero-order chi connectivity index (χ0) is 16.0. The molecule has 0 N–H and O–H groups in total. The van der Waals surface area contributed by atoms with Gasteiger partial charge in [0.15, 0.2) is 0 Å². The first-order valence-electron chi connectivity index (χ1n) is 7.98. The van der Waals surface area contributed by atoms with Gasteiger partial charge in [-0.05, 0) is 46.5 Å². The first kappa shape index (κ1) is 14.0. The molecule has 2 aromatic carbocycles. The van der Waals surface area contributed by atoms with Crippen LogP contribution in [0.5, 0.6) is 0 Å². The molecular formula is C21H20N2. The Balaban J connectivity index is 1.83. The number of benzene rings is 2. The highest BCUT2D eigenvalue weighted by Gasteiger charge is 2.35. The summed E-state index contributed by atoms with van der Waals surface area (Å²) in [6, 6.07) is 21.5. The quantitative estimate of drug-likeness (QED) is 0.650. The topological polar surface area (TPSA) is 16.1 Å². The lowest BCUT2D eigenvalue weighted by Crippen LogP contribution is -2.16. The number of anilines is 2. The minimum atomic E-state index is 0.0346. The minimum absolute atomic E-state index is 0.0346. The van der Waals surface area contributed by atoms with Crippen LogP contribution in [0.15, 0.2) is 66.9 Å².